The third-order valence-corrected chi connectivity index (χ3v) is 6.65. The number of rotatable bonds is 3. The van der Waals surface area contributed by atoms with Crippen molar-refractivity contribution in [1.29, 1.82) is 5.26 Å². The highest BCUT2D eigenvalue weighted by Crippen LogP contribution is 2.21. The van der Waals surface area contributed by atoms with E-state index < -0.39 is 31.3 Å². The van der Waals surface area contributed by atoms with Crippen LogP contribution >= 0.6 is 11.6 Å². The van der Waals surface area contributed by atoms with E-state index in [4.69, 9.17) is 16.9 Å². The number of pyridine rings is 1. The van der Waals surface area contributed by atoms with E-state index in [1.54, 1.807) is 6.07 Å². The molecule has 10 heteroatoms. The number of nitriles is 1. The van der Waals surface area contributed by atoms with E-state index in [1.807, 2.05) is 0 Å². The SMILES string of the molecule is N#Cc1ncccc1S(=O)(=O)NC1CS(=O)(=O)CC1Cl. The van der Waals surface area contributed by atoms with Gasteiger partial charge in [-0.2, -0.15) is 5.26 Å². The van der Waals surface area contributed by atoms with Gasteiger partial charge in [0, 0.05) is 6.20 Å². The molecule has 0 aliphatic carbocycles. The number of hydrogen-bond donors (Lipinski definition) is 1. The standard InChI is InChI=1S/C10H10ClN3O4S2/c11-7-5-19(15,16)6-9(7)14-20(17,18)10-2-1-3-13-8(10)4-12/h1-3,7,9,14H,5-6H2. The third-order valence-electron chi connectivity index (χ3n) is 2.76. The molecule has 0 spiro atoms. The predicted octanol–water partition coefficient (Wildman–Crippen LogP) is -0.364. The topological polar surface area (TPSA) is 117 Å². The maximum absolute atomic E-state index is 12.2. The van der Waals surface area contributed by atoms with E-state index in [-0.39, 0.29) is 22.1 Å². The molecule has 2 unspecified atom stereocenters. The zero-order chi connectivity index (χ0) is 15.0. The molecule has 1 aliphatic heterocycles. The molecule has 1 aromatic rings. The predicted molar refractivity (Wildman–Crippen MR) is 71.4 cm³/mol. The van der Waals surface area contributed by atoms with Crippen molar-refractivity contribution in [3.05, 3.63) is 24.0 Å². The van der Waals surface area contributed by atoms with Crippen LogP contribution in [0, 0.1) is 11.3 Å². The van der Waals surface area contributed by atoms with Gasteiger partial charge in [0.2, 0.25) is 10.0 Å². The van der Waals surface area contributed by atoms with Crippen LogP contribution < -0.4 is 4.72 Å². The maximum Gasteiger partial charge on any atom is 0.243 e. The Balaban J connectivity index is 2.32. The Morgan fingerprint density at radius 3 is 2.70 bits per heavy atom. The summed E-state index contributed by atoms with van der Waals surface area (Å²) < 4.78 is 49.4. The van der Waals surface area contributed by atoms with Crippen molar-refractivity contribution >= 4 is 31.5 Å². The number of sulfonamides is 1. The lowest BCUT2D eigenvalue weighted by Gasteiger charge is -2.14. The second-order valence-corrected chi connectivity index (χ2v) is 8.68. The molecule has 7 nitrogen and oxygen atoms in total. The highest BCUT2D eigenvalue weighted by Gasteiger charge is 2.39. The van der Waals surface area contributed by atoms with Crippen LogP contribution in [0.15, 0.2) is 23.2 Å². The maximum atomic E-state index is 12.2. The fourth-order valence-electron chi connectivity index (χ4n) is 1.87. The number of nitrogens with one attached hydrogen (secondary N) is 1. The summed E-state index contributed by atoms with van der Waals surface area (Å²) in [7, 11) is -7.41. The van der Waals surface area contributed by atoms with E-state index in [1.165, 1.54) is 18.3 Å². The Labute approximate surface area is 121 Å². The largest absolute Gasteiger partial charge is 0.244 e. The summed E-state index contributed by atoms with van der Waals surface area (Å²) in [5.74, 6) is -0.636. The molecule has 0 amide bonds. The fraction of sp³-hybridized carbons (Fsp3) is 0.400. The number of aromatic nitrogens is 1. The molecule has 1 aliphatic rings. The number of alkyl halides is 1. The summed E-state index contributed by atoms with van der Waals surface area (Å²) in [6.07, 6.45) is 1.29. The second kappa shape index (κ2) is 5.29. The lowest BCUT2D eigenvalue weighted by atomic mass is 10.3. The highest BCUT2D eigenvalue weighted by molar-refractivity contribution is 7.92. The average molecular weight is 336 g/mol. The number of sulfone groups is 1. The summed E-state index contributed by atoms with van der Waals surface area (Å²) in [6.45, 7) is 0. The fourth-order valence-corrected chi connectivity index (χ4v) is 5.98. The van der Waals surface area contributed by atoms with Crippen molar-refractivity contribution in [3.8, 4) is 6.07 Å². The van der Waals surface area contributed by atoms with Gasteiger partial charge in [-0.15, -0.1) is 11.6 Å². The van der Waals surface area contributed by atoms with Gasteiger partial charge < -0.3 is 0 Å². The molecular formula is C10H10ClN3O4S2. The van der Waals surface area contributed by atoms with Crippen LogP contribution in [-0.4, -0.2) is 44.7 Å². The zero-order valence-corrected chi connectivity index (χ0v) is 12.4. The average Bonchev–Trinajstić information content (AvgIpc) is 2.61. The van der Waals surface area contributed by atoms with Crippen molar-refractivity contribution in [2.24, 2.45) is 0 Å². The van der Waals surface area contributed by atoms with Gasteiger partial charge in [-0.3, -0.25) is 0 Å². The summed E-state index contributed by atoms with van der Waals surface area (Å²) >= 11 is 5.84. The van der Waals surface area contributed by atoms with Gasteiger partial charge in [0.25, 0.3) is 0 Å². The van der Waals surface area contributed by atoms with Crippen LogP contribution in [0.5, 0.6) is 0 Å². The van der Waals surface area contributed by atoms with Crippen LogP contribution in [0.1, 0.15) is 5.69 Å². The molecule has 0 saturated carbocycles. The Morgan fingerprint density at radius 1 is 1.45 bits per heavy atom. The quantitative estimate of drug-likeness (QED) is 0.753. The number of nitrogens with zero attached hydrogens (tertiary/aromatic N) is 2. The molecule has 2 rings (SSSR count). The molecule has 2 atom stereocenters. The van der Waals surface area contributed by atoms with Crippen LogP contribution in [0.25, 0.3) is 0 Å². The molecule has 20 heavy (non-hydrogen) atoms. The lowest BCUT2D eigenvalue weighted by molar-refractivity contribution is 0.563. The first-order chi connectivity index (χ1) is 9.25. The number of hydrogen-bond acceptors (Lipinski definition) is 6. The first-order valence-electron chi connectivity index (χ1n) is 5.47. The van der Waals surface area contributed by atoms with E-state index in [2.05, 4.69) is 9.71 Å². The van der Waals surface area contributed by atoms with Gasteiger partial charge in [0.05, 0.1) is 22.9 Å². The van der Waals surface area contributed by atoms with Gasteiger partial charge in [-0.1, -0.05) is 0 Å². The van der Waals surface area contributed by atoms with Gasteiger partial charge >= 0.3 is 0 Å². The molecule has 0 aromatic carbocycles. The van der Waals surface area contributed by atoms with E-state index >= 15 is 0 Å². The normalized spacial score (nSPS) is 25.2. The van der Waals surface area contributed by atoms with Crippen molar-refractivity contribution in [3.63, 3.8) is 0 Å². The summed E-state index contributed by atoms with van der Waals surface area (Å²) in [6, 6.07) is 3.35. The van der Waals surface area contributed by atoms with Gasteiger partial charge in [0.1, 0.15) is 11.0 Å². The smallest absolute Gasteiger partial charge is 0.243 e. The minimum absolute atomic E-state index is 0.257. The monoisotopic (exact) mass is 335 g/mol. The lowest BCUT2D eigenvalue weighted by Crippen LogP contribution is -2.40. The number of halogens is 1. The molecule has 108 valence electrons. The Kier molecular flexibility index (Phi) is 4.02. The summed E-state index contributed by atoms with van der Waals surface area (Å²) in [5.41, 5.74) is -0.257. The zero-order valence-electron chi connectivity index (χ0n) is 10.0. The van der Waals surface area contributed by atoms with E-state index in [0.717, 1.165) is 0 Å². The van der Waals surface area contributed by atoms with Crippen molar-refractivity contribution < 1.29 is 16.8 Å². The van der Waals surface area contributed by atoms with Crippen LogP contribution in [0.2, 0.25) is 0 Å². The second-order valence-electron chi connectivity index (χ2n) is 4.28. The minimum Gasteiger partial charge on any atom is -0.244 e. The van der Waals surface area contributed by atoms with Gasteiger partial charge in [0.15, 0.2) is 15.5 Å². The van der Waals surface area contributed by atoms with Crippen molar-refractivity contribution in [2.45, 2.75) is 16.3 Å². The van der Waals surface area contributed by atoms with Crippen LogP contribution in [0.4, 0.5) is 0 Å². The molecule has 1 fully saturated rings. The molecule has 1 saturated heterocycles. The molecule has 1 aromatic heterocycles. The molecular weight excluding hydrogens is 326 g/mol. The first-order valence-corrected chi connectivity index (χ1v) is 9.21. The molecule has 0 bridgehead atoms. The summed E-state index contributed by atoms with van der Waals surface area (Å²) in [4.78, 5) is 3.36. The van der Waals surface area contributed by atoms with Crippen LogP contribution in [-0.2, 0) is 19.9 Å². The summed E-state index contributed by atoms with van der Waals surface area (Å²) in [5, 5.41) is 8.01. The Bertz CT molecular complexity index is 770. The third kappa shape index (κ3) is 3.09. The Morgan fingerprint density at radius 2 is 2.15 bits per heavy atom. The minimum atomic E-state index is -4.05. The van der Waals surface area contributed by atoms with Gasteiger partial charge in [-0.05, 0) is 12.1 Å². The van der Waals surface area contributed by atoms with Crippen molar-refractivity contribution in [2.75, 3.05) is 11.5 Å². The van der Waals surface area contributed by atoms with Crippen molar-refractivity contribution in [1.82, 2.24) is 9.71 Å². The van der Waals surface area contributed by atoms with E-state index in [9.17, 15) is 16.8 Å². The molecule has 0 radical (unpaired) electrons. The molecule has 1 N–H and O–H groups in total. The molecule has 2 heterocycles. The van der Waals surface area contributed by atoms with Gasteiger partial charge in [-0.25, -0.2) is 26.5 Å². The highest BCUT2D eigenvalue weighted by atomic mass is 35.5. The van der Waals surface area contributed by atoms with Crippen LogP contribution in [0.3, 0.4) is 0 Å². The first kappa shape index (κ1) is 15.2. The van der Waals surface area contributed by atoms with E-state index in [0.29, 0.717) is 0 Å². The Hall–Kier alpha value is -1.21.